The molecule has 136 valence electrons. The highest BCUT2D eigenvalue weighted by Gasteiger charge is 2.11. The highest BCUT2D eigenvalue weighted by molar-refractivity contribution is 5.89. The van der Waals surface area contributed by atoms with Crippen LogP contribution in [0, 0.1) is 0 Å². The monoisotopic (exact) mass is 350 g/mol. The molecule has 2 aromatic carbocycles. The second-order valence-corrected chi connectivity index (χ2v) is 5.24. The number of ether oxygens (including phenoxy) is 1. The van der Waals surface area contributed by atoms with Gasteiger partial charge in [0.25, 0.3) is 0 Å². The number of para-hydroxylation sites is 1. The lowest BCUT2D eigenvalue weighted by atomic mass is 10.1. The lowest BCUT2D eigenvalue weighted by molar-refractivity contribution is 0.0696. The molecular weight excluding hydrogens is 328 g/mol. The Kier molecular flexibility index (Phi) is 7.40. The van der Waals surface area contributed by atoms with E-state index in [1.54, 1.807) is 13.2 Å². The third kappa shape index (κ3) is 5.49. The topological polar surface area (TPSA) is 127 Å². The molecule has 0 atom stereocenters. The van der Waals surface area contributed by atoms with E-state index in [4.69, 9.17) is 25.2 Å². The van der Waals surface area contributed by atoms with E-state index in [0.717, 1.165) is 37.0 Å². The predicted molar refractivity (Wildman–Crippen MR) is 91.7 cm³/mol. The van der Waals surface area contributed by atoms with Crippen LogP contribution in [0.2, 0.25) is 0 Å². The van der Waals surface area contributed by atoms with E-state index in [-0.39, 0.29) is 5.56 Å². The van der Waals surface area contributed by atoms with E-state index in [1.807, 2.05) is 12.1 Å². The van der Waals surface area contributed by atoms with Crippen LogP contribution < -0.4 is 4.74 Å². The zero-order valence-corrected chi connectivity index (χ0v) is 14.1. The van der Waals surface area contributed by atoms with Gasteiger partial charge in [0.2, 0.25) is 0 Å². The quantitative estimate of drug-likeness (QED) is 0.524. The molecule has 0 spiro atoms. The first kappa shape index (κ1) is 20.0. The van der Waals surface area contributed by atoms with E-state index in [2.05, 4.69) is 6.92 Å². The Hall–Kier alpha value is -3.09. The van der Waals surface area contributed by atoms with Gasteiger partial charge in [-0.25, -0.2) is 4.79 Å². The smallest absolute Gasteiger partial charge is 0.335 e. The molecule has 7 nitrogen and oxygen atoms in total. The fourth-order valence-corrected chi connectivity index (χ4v) is 2.03. The molecule has 0 radical (unpaired) electrons. The van der Waals surface area contributed by atoms with Crippen molar-refractivity contribution in [3.05, 3.63) is 41.5 Å². The van der Waals surface area contributed by atoms with E-state index >= 15 is 0 Å². The number of phenols is 4. The summed E-state index contributed by atoms with van der Waals surface area (Å²) in [6.45, 7) is 2.14. The number of methoxy groups -OCH3 is 1. The number of benzene rings is 2. The van der Waals surface area contributed by atoms with E-state index < -0.39 is 23.2 Å². The van der Waals surface area contributed by atoms with Crippen LogP contribution in [-0.4, -0.2) is 38.6 Å². The number of carboxylic acid groups (broad SMARTS) is 1. The van der Waals surface area contributed by atoms with Crippen molar-refractivity contribution in [2.75, 3.05) is 7.11 Å². The van der Waals surface area contributed by atoms with Gasteiger partial charge in [0.15, 0.2) is 28.7 Å². The first-order valence-electron chi connectivity index (χ1n) is 7.64. The number of phenolic OH excluding ortho intramolecular Hbond substituents is 4. The zero-order valence-electron chi connectivity index (χ0n) is 14.1. The lowest BCUT2D eigenvalue weighted by Crippen LogP contribution is -1.95. The van der Waals surface area contributed by atoms with Crippen LogP contribution >= 0.6 is 0 Å². The van der Waals surface area contributed by atoms with Crippen LogP contribution in [0.4, 0.5) is 0 Å². The lowest BCUT2D eigenvalue weighted by Gasteiger charge is -2.07. The zero-order chi connectivity index (χ0) is 19.0. The molecule has 0 aliphatic rings. The average molecular weight is 350 g/mol. The molecule has 5 N–H and O–H groups in total. The van der Waals surface area contributed by atoms with Gasteiger partial charge in [-0.2, -0.15) is 0 Å². The van der Waals surface area contributed by atoms with Crippen molar-refractivity contribution >= 4 is 5.97 Å². The van der Waals surface area contributed by atoms with Crippen molar-refractivity contribution in [2.24, 2.45) is 0 Å². The number of aromatic hydroxyl groups is 4. The normalized spacial score (nSPS) is 9.84. The summed E-state index contributed by atoms with van der Waals surface area (Å²) in [4.78, 5) is 10.3. The molecule has 0 unspecified atom stereocenters. The summed E-state index contributed by atoms with van der Waals surface area (Å²) in [6.07, 6.45) is 3.15. The van der Waals surface area contributed by atoms with Crippen molar-refractivity contribution in [1.29, 1.82) is 0 Å². The van der Waals surface area contributed by atoms with Gasteiger partial charge in [-0.3, -0.25) is 0 Å². The van der Waals surface area contributed by atoms with Gasteiger partial charge in [-0.1, -0.05) is 25.5 Å². The highest BCUT2D eigenvalue weighted by atomic mass is 16.5. The summed E-state index contributed by atoms with van der Waals surface area (Å²) in [7, 11) is 1.57. The van der Waals surface area contributed by atoms with Gasteiger partial charge >= 0.3 is 5.97 Å². The Bertz CT molecular complexity index is 702. The molecule has 0 saturated heterocycles. The number of carbonyl (C=O) groups is 1. The maximum absolute atomic E-state index is 10.3. The van der Waals surface area contributed by atoms with E-state index in [1.165, 1.54) is 0 Å². The summed E-state index contributed by atoms with van der Waals surface area (Å²) in [5, 5.41) is 44.6. The number of aromatic carboxylic acids is 1. The van der Waals surface area contributed by atoms with Crippen molar-refractivity contribution in [3.63, 3.8) is 0 Å². The van der Waals surface area contributed by atoms with Gasteiger partial charge < -0.3 is 30.3 Å². The molecule has 0 fully saturated rings. The molecule has 2 aromatic rings. The molecular formula is C18H22O7. The first-order valence-corrected chi connectivity index (χ1v) is 7.64. The van der Waals surface area contributed by atoms with Crippen LogP contribution in [0.15, 0.2) is 30.3 Å². The Labute approximate surface area is 145 Å². The van der Waals surface area contributed by atoms with Gasteiger partial charge in [0, 0.05) is 0 Å². The minimum absolute atomic E-state index is 0.289. The highest BCUT2D eigenvalue weighted by Crippen LogP contribution is 2.35. The number of rotatable bonds is 5. The average Bonchev–Trinajstić information content (AvgIpc) is 2.58. The maximum atomic E-state index is 10.3. The summed E-state index contributed by atoms with van der Waals surface area (Å²) in [6, 6.07) is 7.30. The number of unbranched alkanes of at least 4 members (excludes halogenated alkanes) is 1. The van der Waals surface area contributed by atoms with E-state index in [9.17, 15) is 9.90 Å². The van der Waals surface area contributed by atoms with Crippen LogP contribution in [-0.2, 0) is 6.42 Å². The summed E-state index contributed by atoms with van der Waals surface area (Å²) in [5.74, 6) is -2.48. The predicted octanol–water partition coefficient (Wildman–Crippen LogP) is 3.25. The SMILES string of the molecule is CCCCc1cccc(OC)c1O.O=C(O)c1cc(O)c(O)c(O)c1. The van der Waals surface area contributed by atoms with Gasteiger partial charge in [0.1, 0.15) is 0 Å². The fourth-order valence-electron chi connectivity index (χ4n) is 2.03. The van der Waals surface area contributed by atoms with Crippen LogP contribution in [0.1, 0.15) is 35.7 Å². The number of carboxylic acids is 1. The van der Waals surface area contributed by atoms with Crippen molar-refractivity contribution in [1.82, 2.24) is 0 Å². The van der Waals surface area contributed by atoms with Crippen molar-refractivity contribution < 1.29 is 35.1 Å². The maximum Gasteiger partial charge on any atom is 0.335 e. The van der Waals surface area contributed by atoms with Crippen LogP contribution in [0.25, 0.3) is 0 Å². The third-order valence-corrected chi connectivity index (χ3v) is 3.42. The first-order chi connectivity index (χ1) is 11.8. The molecule has 2 rings (SSSR count). The molecule has 0 saturated carbocycles. The summed E-state index contributed by atoms with van der Waals surface area (Å²) in [5.41, 5.74) is 0.684. The van der Waals surface area contributed by atoms with Gasteiger partial charge in [-0.05, 0) is 36.6 Å². The fraction of sp³-hybridized carbons (Fsp3) is 0.278. The Morgan fingerprint density at radius 3 is 2.12 bits per heavy atom. The van der Waals surface area contributed by atoms with Crippen LogP contribution in [0.3, 0.4) is 0 Å². The Morgan fingerprint density at radius 1 is 1.04 bits per heavy atom. The molecule has 0 heterocycles. The van der Waals surface area contributed by atoms with Gasteiger partial charge in [0.05, 0.1) is 12.7 Å². The number of hydrogen-bond acceptors (Lipinski definition) is 6. The molecule has 0 aliphatic carbocycles. The minimum atomic E-state index is -1.29. The molecule has 7 heteroatoms. The molecule has 0 aliphatic heterocycles. The number of aryl methyl sites for hydroxylation is 1. The molecule has 0 amide bonds. The Balaban J connectivity index is 0.000000251. The molecule has 0 bridgehead atoms. The van der Waals surface area contributed by atoms with Crippen LogP contribution in [0.5, 0.6) is 28.7 Å². The van der Waals surface area contributed by atoms with Gasteiger partial charge in [-0.15, -0.1) is 0 Å². The van der Waals surface area contributed by atoms with Crippen molar-refractivity contribution in [3.8, 4) is 28.7 Å². The van der Waals surface area contributed by atoms with Crippen molar-refractivity contribution in [2.45, 2.75) is 26.2 Å². The second-order valence-electron chi connectivity index (χ2n) is 5.24. The standard InChI is InChI=1S/C11H16O2.C7H6O5/c1-3-4-6-9-7-5-8-10(13-2)11(9)12;8-4-1-3(7(11)12)2-5(9)6(4)10/h5,7-8,12H,3-4,6H2,1-2H3;1-2,8-10H,(H,11,12). The Morgan fingerprint density at radius 2 is 1.64 bits per heavy atom. The number of hydrogen-bond donors (Lipinski definition) is 5. The van der Waals surface area contributed by atoms with E-state index in [0.29, 0.717) is 11.5 Å². The third-order valence-electron chi connectivity index (χ3n) is 3.42. The summed E-state index contributed by atoms with van der Waals surface area (Å²) >= 11 is 0. The second kappa shape index (κ2) is 9.27. The minimum Gasteiger partial charge on any atom is -0.504 e. The largest absolute Gasteiger partial charge is 0.504 e. The molecule has 0 aromatic heterocycles. The summed E-state index contributed by atoms with van der Waals surface area (Å²) < 4.78 is 5.02. The molecule has 25 heavy (non-hydrogen) atoms.